The highest BCUT2D eigenvalue weighted by Crippen LogP contribution is 2.30. The van der Waals surface area contributed by atoms with Gasteiger partial charge in [0.2, 0.25) is 5.95 Å². The number of urea groups is 1. The summed E-state index contributed by atoms with van der Waals surface area (Å²) in [5.41, 5.74) is -2.06. The first-order valence-electron chi connectivity index (χ1n) is 5.74. The standard InChI is InChI=1S/C11H19N5O3/c1-10(2,7(17)18)11(3,4)15-9(19)14-8-12-6-13-16(8)5/h6H,1-5H3,(H,17,18)(H2,12,13,14,15,19). The van der Waals surface area contributed by atoms with Gasteiger partial charge in [-0.2, -0.15) is 10.1 Å². The van der Waals surface area contributed by atoms with E-state index in [0.29, 0.717) is 0 Å². The molecule has 0 saturated heterocycles. The molecule has 106 valence electrons. The summed E-state index contributed by atoms with van der Waals surface area (Å²) in [6.45, 7) is 6.41. The van der Waals surface area contributed by atoms with E-state index in [1.807, 2.05) is 0 Å². The SMILES string of the molecule is Cn1ncnc1NC(=O)NC(C)(C)C(C)(C)C(=O)O. The predicted octanol–water partition coefficient (Wildman–Crippen LogP) is 0.826. The Labute approximate surface area is 111 Å². The number of aromatic nitrogens is 3. The molecular weight excluding hydrogens is 250 g/mol. The number of carboxylic acids is 1. The number of hydrogen-bond acceptors (Lipinski definition) is 4. The summed E-state index contributed by atoms with van der Waals surface area (Å²) < 4.78 is 1.40. The number of nitrogens with one attached hydrogen (secondary N) is 2. The molecule has 8 heteroatoms. The first-order chi connectivity index (χ1) is 8.58. The highest BCUT2D eigenvalue weighted by molar-refractivity contribution is 5.89. The van der Waals surface area contributed by atoms with Gasteiger partial charge in [-0.1, -0.05) is 0 Å². The minimum Gasteiger partial charge on any atom is -0.481 e. The molecule has 0 bridgehead atoms. The van der Waals surface area contributed by atoms with Crippen LogP contribution in [0.1, 0.15) is 27.7 Å². The lowest BCUT2D eigenvalue weighted by Crippen LogP contribution is -2.57. The Morgan fingerprint density at radius 1 is 1.32 bits per heavy atom. The molecule has 0 spiro atoms. The average Bonchev–Trinajstić information content (AvgIpc) is 2.62. The molecule has 0 aromatic carbocycles. The average molecular weight is 269 g/mol. The van der Waals surface area contributed by atoms with Crippen molar-refractivity contribution in [3.8, 4) is 0 Å². The predicted molar refractivity (Wildman–Crippen MR) is 68.7 cm³/mol. The third-order valence-corrected chi connectivity index (χ3v) is 3.46. The molecule has 2 amide bonds. The third-order valence-electron chi connectivity index (χ3n) is 3.46. The summed E-state index contributed by atoms with van der Waals surface area (Å²) in [5, 5.41) is 18.1. The van der Waals surface area contributed by atoms with Crippen LogP contribution in [0, 0.1) is 5.41 Å². The van der Waals surface area contributed by atoms with Gasteiger partial charge in [0.1, 0.15) is 6.33 Å². The molecule has 0 atom stereocenters. The van der Waals surface area contributed by atoms with E-state index in [4.69, 9.17) is 0 Å². The summed E-state index contributed by atoms with van der Waals surface area (Å²) in [4.78, 5) is 26.9. The largest absolute Gasteiger partial charge is 0.481 e. The zero-order chi connectivity index (χ0) is 14.8. The van der Waals surface area contributed by atoms with Crippen LogP contribution in [0.25, 0.3) is 0 Å². The number of amides is 2. The lowest BCUT2D eigenvalue weighted by Gasteiger charge is -2.38. The number of anilines is 1. The van der Waals surface area contributed by atoms with Gasteiger partial charge in [0, 0.05) is 7.05 Å². The molecule has 0 radical (unpaired) electrons. The van der Waals surface area contributed by atoms with Gasteiger partial charge in [0.05, 0.1) is 11.0 Å². The zero-order valence-corrected chi connectivity index (χ0v) is 11.7. The maximum Gasteiger partial charge on any atom is 0.322 e. The van der Waals surface area contributed by atoms with Crippen LogP contribution in [-0.2, 0) is 11.8 Å². The molecular formula is C11H19N5O3. The Hall–Kier alpha value is -2.12. The highest BCUT2D eigenvalue weighted by Gasteiger charge is 2.44. The summed E-state index contributed by atoms with van der Waals surface area (Å²) >= 11 is 0. The lowest BCUT2D eigenvalue weighted by atomic mass is 9.74. The zero-order valence-electron chi connectivity index (χ0n) is 11.7. The molecule has 0 aliphatic heterocycles. The second-order valence-electron chi connectivity index (χ2n) is 5.34. The number of carboxylic acid groups (broad SMARTS) is 1. The molecule has 0 aliphatic rings. The fourth-order valence-electron chi connectivity index (χ4n) is 1.25. The van der Waals surface area contributed by atoms with E-state index in [1.165, 1.54) is 11.0 Å². The number of carbonyl (C=O) groups is 2. The van der Waals surface area contributed by atoms with E-state index in [9.17, 15) is 14.7 Å². The number of carbonyl (C=O) groups excluding carboxylic acids is 1. The van der Waals surface area contributed by atoms with Crippen LogP contribution >= 0.6 is 0 Å². The van der Waals surface area contributed by atoms with E-state index in [-0.39, 0.29) is 5.95 Å². The van der Waals surface area contributed by atoms with Crippen molar-refractivity contribution in [2.24, 2.45) is 12.5 Å². The number of hydrogen-bond donors (Lipinski definition) is 3. The maximum absolute atomic E-state index is 11.9. The molecule has 3 N–H and O–H groups in total. The van der Waals surface area contributed by atoms with E-state index >= 15 is 0 Å². The van der Waals surface area contributed by atoms with Crippen LogP contribution in [0.3, 0.4) is 0 Å². The summed E-state index contributed by atoms with van der Waals surface area (Å²) in [6, 6.07) is -0.532. The van der Waals surface area contributed by atoms with Crippen molar-refractivity contribution in [2.45, 2.75) is 33.2 Å². The van der Waals surface area contributed by atoms with E-state index in [1.54, 1.807) is 34.7 Å². The van der Waals surface area contributed by atoms with Gasteiger partial charge in [0.15, 0.2) is 0 Å². The molecule has 1 heterocycles. The maximum atomic E-state index is 11.9. The Balaban J connectivity index is 2.76. The fraction of sp³-hybridized carbons (Fsp3) is 0.636. The molecule has 0 fully saturated rings. The number of nitrogens with zero attached hydrogens (tertiary/aromatic N) is 3. The molecule has 19 heavy (non-hydrogen) atoms. The summed E-state index contributed by atoms with van der Waals surface area (Å²) in [7, 11) is 1.63. The minimum absolute atomic E-state index is 0.279. The molecule has 0 saturated carbocycles. The summed E-state index contributed by atoms with van der Waals surface area (Å²) in [6.07, 6.45) is 1.31. The van der Waals surface area contributed by atoms with Crippen molar-refractivity contribution in [1.29, 1.82) is 0 Å². The smallest absolute Gasteiger partial charge is 0.322 e. The van der Waals surface area contributed by atoms with Crippen LogP contribution < -0.4 is 10.6 Å². The van der Waals surface area contributed by atoms with Gasteiger partial charge in [-0.25, -0.2) is 9.48 Å². The minimum atomic E-state index is -1.12. The Bertz CT molecular complexity index is 492. The molecule has 0 unspecified atom stereocenters. The molecule has 1 aromatic rings. The van der Waals surface area contributed by atoms with E-state index in [0.717, 1.165) is 0 Å². The van der Waals surface area contributed by atoms with Crippen molar-refractivity contribution in [3.05, 3.63) is 6.33 Å². The first kappa shape index (κ1) is 14.9. The van der Waals surface area contributed by atoms with Gasteiger partial charge in [0.25, 0.3) is 0 Å². The normalized spacial score (nSPS) is 12.1. The third kappa shape index (κ3) is 3.01. The van der Waals surface area contributed by atoms with Crippen LogP contribution in [0.2, 0.25) is 0 Å². The van der Waals surface area contributed by atoms with Crippen molar-refractivity contribution in [3.63, 3.8) is 0 Å². The van der Waals surface area contributed by atoms with Crippen molar-refractivity contribution in [2.75, 3.05) is 5.32 Å². The second kappa shape index (κ2) is 4.87. The molecule has 1 aromatic heterocycles. The number of rotatable bonds is 4. The van der Waals surface area contributed by atoms with Crippen LogP contribution in [0.15, 0.2) is 6.33 Å². The van der Waals surface area contributed by atoms with E-state index < -0.39 is 23.0 Å². The topological polar surface area (TPSA) is 109 Å². The monoisotopic (exact) mass is 269 g/mol. The second-order valence-corrected chi connectivity index (χ2v) is 5.34. The molecule has 0 aliphatic carbocycles. The van der Waals surface area contributed by atoms with Crippen LogP contribution in [0.5, 0.6) is 0 Å². The molecule has 8 nitrogen and oxygen atoms in total. The molecule has 1 rings (SSSR count). The fourth-order valence-corrected chi connectivity index (χ4v) is 1.25. The van der Waals surface area contributed by atoms with Gasteiger partial charge >= 0.3 is 12.0 Å². The quantitative estimate of drug-likeness (QED) is 0.750. The van der Waals surface area contributed by atoms with Gasteiger partial charge in [-0.05, 0) is 27.7 Å². The highest BCUT2D eigenvalue weighted by atomic mass is 16.4. The number of aliphatic carboxylic acids is 1. The Morgan fingerprint density at radius 3 is 2.32 bits per heavy atom. The van der Waals surface area contributed by atoms with Crippen molar-refractivity contribution in [1.82, 2.24) is 20.1 Å². The van der Waals surface area contributed by atoms with Gasteiger partial charge in [-0.3, -0.25) is 10.1 Å². The van der Waals surface area contributed by atoms with Crippen molar-refractivity contribution < 1.29 is 14.7 Å². The van der Waals surface area contributed by atoms with E-state index in [2.05, 4.69) is 20.7 Å². The summed E-state index contributed by atoms with van der Waals surface area (Å²) in [5.74, 6) is -0.710. The van der Waals surface area contributed by atoms with Crippen LogP contribution in [-0.4, -0.2) is 37.4 Å². The Kier molecular flexibility index (Phi) is 3.83. The number of aryl methyl sites for hydroxylation is 1. The van der Waals surface area contributed by atoms with Crippen LogP contribution in [0.4, 0.5) is 10.7 Å². The van der Waals surface area contributed by atoms with Gasteiger partial charge in [-0.15, -0.1) is 0 Å². The Morgan fingerprint density at radius 2 is 1.89 bits per heavy atom. The lowest BCUT2D eigenvalue weighted by molar-refractivity contribution is -0.150. The van der Waals surface area contributed by atoms with Gasteiger partial charge < -0.3 is 10.4 Å². The first-order valence-corrected chi connectivity index (χ1v) is 5.74. The van der Waals surface area contributed by atoms with Crippen molar-refractivity contribution >= 4 is 17.9 Å².